The predicted octanol–water partition coefficient (Wildman–Crippen LogP) is 2.71. The Bertz CT molecular complexity index is 525. The number of ether oxygens (including phenoxy) is 2. The number of esters is 1. The van der Waals surface area contributed by atoms with E-state index in [4.69, 9.17) is 9.47 Å². The number of nitrogens with one attached hydrogen (secondary N) is 2. The molecule has 0 aromatic rings. The summed E-state index contributed by atoms with van der Waals surface area (Å²) < 4.78 is 11.8. The van der Waals surface area contributed by atoms with Crippen LogP contribution in [-0.2, 0) is 14.3 Å². The van der Waals surface area contributed by atoms with E-state index in [1.54, 1.807) is 0 Å². The number of epoxide rings is 1. The number of hydrogen-bond donors (Lipinski definition) is 2. The third-order valence-corrected chi connectivity index (χ3v) is 5.52. The fraction of sp³-hybridized carbons (Fsp3) is 0.842. The lowest BCUT2D eigenvalue weighted by Crippen LogP contribution is -2.49. The van der Waals surface area contributed by atoms with Crippen molar-refractivity contribution >= 4 is 5.97 Å². The van der Waals surface area contributed by atoms with Crippen molar-refractivity contribution in [3.8, 4) is 0 Å². The lowest BCUT2D eigenvalue weighted by Gasteiger charge is -2.25. The fourth-order valence-corrected chi connectivity index (χ4v) is 4.00. The quantitative estimate of drug-likeness (QED) is 0.359. The van der Waals surface area contributed by atoms with Gasteiger partial charge in [-0.25, -0.2) is 0 Å². The Morgan fingerprint density at radius 3 is 2.83 bits per heavy atom. The van der Waals surface area contributed by atoms with Crippen molar-refractivity contribution in [2.45, 2.75) is 83.6 Å². The summed E-state index contributed by atoms with van der Waals surface area (Å²) in [5, 5.41) is 0. The summed E-state index contributed by atoms with van der Waals surface area (Å²) >= 11 is 0. The van der Waals surface area contributed by atoms with Gasteiger partial charge >= 0.3 is 5.97 Å². The van der Waals surface area contributed by atoms with E-state index < -0.39 is 0 Å². The van der Waals surface area contributed by atoms with Crippen LogP contribution in [-0.4, -0.2) is 35.9 Å². The van der Waals surface area contributed by atoms with E-state index in [1.165, 1.54) is 5.57 Å². The van der Waals surface area contributed by atoms with E-state index in [1.807, 2.05) is 0 Å². The summed E-state index contributed by atoms with van der Waals surface area (Å²) in [7, 11) is 0. The van der Waals surface area contributed by atoms with Gasteiger partial charge in [-0.3, -0.25) is 15.6 Å². The highest BCUT2D eigenvalue weighted by Crippen LogP contribution is 2.50. The zero-order chi connectivity index (χ0) is 17.5. The Morgan fingerprint density at radius 1 is 1.38 bits per heavy atom. The van der Waals surface area contributed by atoms with E-state index >= 15 is 0 Å². The van der Waals surface area contributed by atoms with Crippen LogP contribution in [0.2, 0.25) is 0 Å². The molecule has 5 heteroatoms. The molecule has 0 aromatic carbocycles. The second kappa shape index (κ2) is 6.43. The Balaban J connectivity index is 1.71. The van der Waals surface area contributed by atoms with Crippen molar-refractivity contribution in [2.24, 2.45) is 11.8 Å². The first kappa shape index (κ1) is 17.9. The largest absolute Gasteiger partial charge is 0.459 e. The molecular formula is C19H32N2O3. The smallest absolute Gasteiger partial charge is 0.311 e. The molecule has 5 nitrogen and oxygen atoms in total. The van der Waals surface area contributed by atoms with Gasteiger partial charge in [-0.15, -0.1) is 0 Å². The fourth-order valence-electron chi connectivity index (χ4n) is 4.00. The van der Waals surface area contributed by atoms with Crippen molar-refractivity contribution in [3.63, 3.8) is 0 Å². The lowest BCUT2D eigenvalue weighted by atomic mass is 9.81. The Morgan fingerprint density at radius 2 is 2.12 bits per heavy atom. The molecule has 0 spiro atoms. The van der Waals surface area contributed by atoms with Gasteiger partial charge in [0, 0.05) is 18.0 Å². The third-order valence-electron chi connectivity index (χ3n) is 5.52. The number of hydrazine groups is 1. The van der Waals surface area contributed by atoms with Crippen LogP contribution in [0.15, 0.2) is 11.6 Å². The molecular weight excluding hydrogens is 304 g/mol. The molecule has 136 valence electrons. The molecule has 0 bridgehead atoms. The summed E-state index contributed by atoms with van der Waals surface area (Å²) in [5.41, 5.74) is 7.75. The molecule has 0 saturated carbocycles. The van der Waals surface area contributed by atoms with Crippen LogP contribution >= 0.6 is 0 Å². The lowest BCUT2D eigenvalue weighted by molar-refractivity contribution is -0.144. The van der Waals surface area contributed by atoms with Gasteiger partial charge in [-0.1, -0.05) is 11.6 Å². The first-order chi connectivity index (χ1) is 11.2. The van der Waals surface area contributed by atoms with Gasteiger partial charge in [0.05, 0.1) is 11.5 Å². The van der Waals surface area contributed by atoms with Crippen molar-refractivity contribution < 1.29 is 14.3 Å². The molecule has 0 unspecified atom stereocenters. The minimum atomic E-state index is -0.122. The number of allylic oxidation sites excluding steroid dienone is 2. The molecule has 1 aliphatic carbocycles. The van der Waals surface area contributed by atoms with Crippen LogP contribution in [0.5, 0.6) is 0 Å². The first-order valence-corrected chi connectivity index (χ1v) is 9.24. The van der Waals surface area contributed by atoms with Crippen molar-refractivity contribution in [1.82, 2.24) is 10.9 Å². The number of rotatable bonds is 3. The molecule has 3 rings (SSSR count). The van der Waals surface area contributed by atoms with Crippen LogP contribution in [0.4, 0.5) is 0 Å². The molecule has 0 aromatic heterocycles. The van der Waals surface area contributed by atoms with Gasteiger partial charge in [0.25, 0.3) is 0 Å². The Labute approximate surface area is 145 Å². The molecule has 2 fully saturated rings. The van der Waals surface area contributed by atoms with Gasteiger partial charge in [-0.05, 0) is 60.3 Å². The SMILES string of the molecule is C/C1=C\CC[C@@]2(C)O[C@H]2[C@H]2OC(=O)[C@@H](CNNC(C)(C)C)[C@@H]2CC1. The van der Waals surface area contributed by atoms with E-state index in [0.717, 1.165) is 25.7 Å². The first-order valence-electron chi connectivity index (χ1n) is 9.24. The molecule has 0 amide bonds. The number of fused-ring (bicyclic) bond motifs is 3. The highest BCUT2D eigenvalue weighted by atomic mass is 16.6. The summed E-state index contributed by atoms with van der Waals surface area (Å²) in [5.74, 6) is 0.0394. The van der Waals surface area contributed by atoms with Gasteiger partial charge in [0.2, 0.25) is 0 Å². The number of hydrogen-bond acceptors (Lipinski definition) is 5. The minimum absolute atomic E-state index is 0.0320. The molecule has 2 saturated heterocycles. The van der Waals surface area contributed by atoms with Crippen molar-refractivity contribution in [1.29, 1.82) is 0 Å². The highest BCUT2D eigenvalue weighted by molar-refractivity contribution is 5.75. The summed E-state index contributed by atoms with van der Waals surface area (Å²) in [6.45, 7) is 11.2. The number of carbonyl (C=O) groups is 1. The topological polar surface area (TPSA) is 62.9 Å². The minimum Gasteiger partial charge on any atom is -0.459 e. The van der Waals surface area contributed by atoms with E-state index in [-0.39, 0.29) is 41.2 Å². The molecule has 5 atom stereocenters. The highest BCUT2D eigenvalue weighted by Gasteiger charge is 2.62. The van der Waals surface area contributed by atoms with Crippen molar-refractivity contribution in [2.75, 3.05) is 6.54 Å². The summed E-state index contributed by atoms with van der Waals surface area (Å²) in [6, 6.07) is 0. The second-order valence-electron chi connectivity index (χ2n) is 8.91. The van der Waals surface area contributed by atoms with Crippen molar-refractivity contribution in [3.05, 3.63) is 11.6 Å². The second-order valence-corrected chi connectivity index (χ2v) is 8.91. The normalized spacial score (nSPS) is 41.7. The zero-order valence-corrected chi connectivity index (χ0v) is 15.6. The van der Waals surface area contributed by atoms with Gasteiger partial charge < -0.3 is 9.47 Å². The van der Waals surface area contributed by atoms with Crippen LogP contribution in [0.1, 0.15) is 60.3 Å². The van der Waals surface area contributed by atoms with E-state index in [9.17, 15) is 4.79 Å². The van der Waals surface area contributed by atoms with Crippen LogP contribution in [0, 0.1) is 11.8 Å². The van der Waals surface area contributed by atoms with Gasteiger partial charge in [0.1, 0.15) is 12.2 Å². The number of carbonyl (C=O) groups excluding carboxylic acids is 1. The molecule has 0 radical (unpaired) electrons. The maximum absolute atomic E-state index is 12.5. The maximum atomic E-state index is 12.5. The Kier molecular flexibility index (Phi) is 4.80. The van der Waals surface area contributed by atoms with Crippen LogP contribution < -0.4 is 10.9 Å². The third kappa shape index (κ3) is 3.84. The van der Waals surface area contributed by atoms with Gasteiger partial charge in [0.15, 0.2) is 0 Å². The molecule has 3 aliphatic rings. The summed E-state index contributed by atoms with van der Waals surface area (Å²) in [4.78, 5) is 12.5. The molecule has 2 heterocycles. The van der Waals surface area contributed by atoms with Gasteiger partial charge in [-0.2, -0.15) is 0 Å². The van der Waals surface area contributed by atoms with E-state index in [2.05, 4.69) is 51.5 Å². The zero-order valence-electron chi connectivity index (χ0n) is 15.6. The Hall–Kier alpha value is -0.910. The van der Waals surface area contributed by atoms with Crippen LogP contribution in [0.3, 0.4) is 0 Å². The van der Waals surface area contributed by atoms with Crippen LogP contribution in [0.25, 0.3) is 0 Å². The predicted molar refractivity (Wildman–Crippen MR) is 93.3 cm³/mol. The average Bonchev–Trinajstić information content (AvgIpc) is 3.03. The molecule has 24 heavy (non-hydrogen) atoms. The van der Waals surface area contributed by atoms with E-state index in [0.29, 0.717) is 6.54 Å². The standard InChI is InChI=1S/C19H32N2O3/c1-12-7-6-10-19(5)16(24-19)15-13(9-8-12)14(17(22)23-15)11-20-21-18(2,3)4/h7,13-16,20-21H,6,8-11H2,1-5H3/b12-7+/t13-,14-,15-,16-,19+/m0/s1. The molecule has 2 N–H and O–H groups in total. The summed E-state index contributed by atoms with van der Waals surface area (Å²) in [6.07, 6.45) is 6.38. The monoisotopic (exact) mass is 336 g/mol. The maximum Gasteiger partial charge on any atom is 0.311 e. The average molecular weight is 336 g/mol. The molecule has 2 aliphatic heterocycles.